The summed E-state index contributed by atoms with van der Waals surface area (Å²) < 4.78 is 10.2. The van der Waals surface area contributed by atoms with Gasteiger partial charge in [0.2, 0.25) is 0 Å². The van der Waals surface area contributed by atoms with Crippen molar-refractivity contribution in [2.75, 3.05) is 27.2 Å². The summed E-state index contributed by atoms with van der Waals surface area (Å²) in [6, 6.07) is 7.33. The van der Waals surface area contributed by atoms with Gasteiger partial charge in [0.05, 0.1) is 0 Å². The zero-order valence-electron chi connectivity index (χ0n) is 13.0. The zero-order chi connectivity index (χ0) is 16.2. The molecule has 22 heavy (non-hydrogen) atoms. The first-order valence-corrected chi connectivity index (χ1v) is 7.14. The van der Waals surface area contributed by atoms with Crippen LogP contribution in [0, 0.1) is 0 Å². The smallest absolute Gasteiger partial charge is 0.407 e. The van der Waals surface area contributed by atoms with E-state index in [2.05, 4.69) is 16.0 Å². The lowest BCUT2D eigenvalue weighted by molar-refractivity contribution is 0.132. The molecule has 0 aromatic heterocycles. The fraction of sp³-hybridized carbons (Fsp3) is 0.467. The predicted molar refractivity (Wildman–Crippen MR) is 82.4 cm³/mol. The third kappa shape index (κ3) is 6.94. The molecule has 0 spiro atoms. The van der Waals surface area contributed by atoms with E-state index < -0.39 is 12.2 Å². The summed E-state index contributed by atoms with van der Waals surface area (Å²) in [7, 11) is 3.35. The molecule has 122 valence electrons. The van der Waals surface area contributed by atoms with Gasteiger partial charge in [-0.1, -0.05) is 24.3 Å². The maximum atomic E-state index is 11.6. The molecule has 0 aliphatic rings. The highest BCUT2D eigenvalue weighted by molar-refractivity contribution is 5.67. The number of hydrogen-bond acceptors (Lipinski definition) is 5. The Morgan fingerprint density at radius 1 is 0.955 bits per heavy atom. The van der Waals surface area contributed by atoms with Crippen LogP contribution in [0.15, 0.2) is 24.3 Å². The minimum absolute atomic E-state index is 0.128. The Balaban J connectivity index is 2.41. The number of carbonyl (C=O) groups excluding carboxylic acids is 2. The quantitative estimate of drug-likeness (QED) is 0.631. The third-order valence-corrected chi connectivity index (χ3v) is 2.91. The Morgan fingerprint density at radius 2 is 1.55 bits per heavy atom. The lowest BCUT2D eigenvalue weighted by Crippen LogP contribution is -2.27. The van der Waals surface area contributed by atoms with Crippen molar-refractivity contribution in [2.24, 2.45) is 0 Å². The fourth-order valence-corrected chi connectivity index (χ4v) is 1.70. The van der Waals surface area contributed by atoms with Crippen molar-refractivity contribution in [3.05, 3.63) is 35.4 Å². The predicted octanol–water partition coefficient (Wildman–Crippen LogP) is 1.38. The summed E-state index contributed by atoms with van der Waals surface area (Å²) >= 11 is 0. The SMILES string of the molecule is CNCCCNC(=O)OCc1ccccc1COC(=O)NC. The third-order valence-electron chi connectivity index (χ3n) is 2.91. The zero-order valence-corrected chi connectivity index (χ0v) is 13.0. The lowest BCUT2D eigenvalue weighted by Gasteiger charge is -2.11. The average molecular weight is 309 g/mol. The van der Waals surface area contributed by atoms with E-state index in [1.807, 2.05) is 31.3 Å². The van der Waals surface area contributed by atoms with Crippen molar-refractivity contribution in [1.29, 1.82) is 0 Å². The topological polar surface area (TPSA) is 88.7 Å². The Kier molecular flexibility index (Phi) is 8.44. The van der Waals surface area contributed by atoms with Gasteiger partial charge < -0.3 is 25.4 Å². The summed E-state index contributed by atoms with van der Waals surface area (Å²) in [6.45, 7) is 1.65. The van der Waals surface area contributed by atoms with Crippen LogP contribution < -0.4 is 16.0 Å². The molecule has 0 radical (unpaired) electrons. The fourth-order valence-electron chi connectivity index (χ4n) is 1.70. The van der Waals surface area contributed by atoms with Crippen LogP contribution in [0.25, 0.3) is 0 Å². The van der Waals surface area contributed by atoms with E-state index in [9.17, 15) is 9.59 Å². The number of nitrogens with one attached hydrogen (secondary N) is 3. The van der Waals surface area contributed by atoms with Crippen molar-refractivity contribution in [3.8, 4) is 0 Å². The summed E-state index contributed by atoms with van der Waals surface area (Å²) in [5.41, 5.74) is 1.60. The van der Waals surface area contributed by atoms with Gasteiger partial charge in [0, 0.05) is 13.6 Å². The minimum atomic E-state index is -0.502. The van der Waals surface area contributed by atoms with Crippen LogP contribution in [0.4, 0.5) is 9.59 Å². The first kappa shape index (κ1) is 17.8. The van der Waals surface area contributed by atoms with Crippen LogP contribution in [0.1, 0.15) is 17.5 Å². The molecule has 0 atom stereocenters. The highest BCUT2D eigenvalue weighted by atomic mass is 16.6. The molecule has 1 aromatic rings. The van der Waals surface area contributed by atoms with Gasteiger partial charge >= 0.3 is 12.2 Å². The number of carbonyl (C=O) groups is 2. The van der Waals surface area contributed by atoms with Gasteiger partial charge in [-0.2, -0.15) is 0 Å². The molecule has 7 heteroatoms. The van der Waals surface area contributed by atoms with E-state index in [1.54, 1.807) is 0 Å². The number of benzene rings is 1. The average Bonchev–Trinajstić information content (AvgIpc) is 2.55. The van der Waals surface area contributed by atoms with Crippen LogP contribution in [0.3, 0.4) is 0 Å². The maximum absolute atomic E-state index is 11.6. The van der Waals surface area contributed by atoms with Crippen molar-refractivity contribution < 1.29 is 19.1 Å². The van der Waals surface area contributed by atoms with Crippen molar-refractivity contribution in [2.45, 2.75) is 19.6 Å². The molecular weight excluding hydrogens is 286 g/mol. The molecule has 1 rings (SSSR count). The summed E-state index contributed by atoms with van der Waals surface area (Å²) in [5.74, 6) is 0. The van der Waals surface area contributed by atoms with Gasteiger partial charge in [0.15, 0.2) is 0 Å². The Labute approximate surface area is 130 Å². The first-order chi connectivity index (χ1) is 10.7. The van der Waals surface area contributed by atoms with Crippen molar-refractivity contribution in [1.82, 2.24) is 16.0 Å². The molecule has 0 aliphatic carbocycles. The number of alkyl carbamates (subject to hydrolysis) is 2. The second-order valence-electron chi connectivity index (χ2n) is 4.55. The first-order valence-electron chi connectivity index (χ1n) is 7.14. The number of hydrogen-bond donors (Lipinski definition) is 3. The lowest BCUT2D eigenvalue weighted by atomic mass is 10.1. The molecular formula is C15H23N3O4. The van der Waals surface area contributed by atoms with Crippen LogP contribution in [-0.4, -0.2) is 39.4 Å². The van der Waals surface area contributed by atoms with Gasteiger partial charge in [0.25, 0.3) is 0 Å². The van der Waals surface area contributed by atoms with Crippen LogP contribution >= 0.6 is 0 Å². The molecule has 0 heterocycles. The molecule has 0 unspecified atom stereocenters. The van der Waals surface area contributed by atoms with E-state index in [-0.39, 0.29) is 13.2 Å². The molecule has 7 nitrogen and oxygen atoms in total. The number of amides is 2. The largest absolute Gasteiger partial charge is 0.445 e. The van der Waals surface area contributed by atoms with E-state index in [0.29, 0.717) is 6.54 Å². The van der Waals surface area contributed by atoms with Crippen molar-refractivity contribution in [3.63, 3.8) is 0 Å². The molecule has 3 N–H and O–H groups in total. The standard InChI is InChI=1S/C15H23N3O4/c1-16-8-5-9-18-15(20)22-11-13-7-4-3-6-12(13)10-21-14(19)17-2/h3-4,6-7,16H,5,8-11H2,1-2H3,(H,17,19)(H,18,20). The minimum Gasteiger partial charge on any atom is -0.445 e. The number of rotatable bonds is 8. The highest BCUT2D eigenvalue weighted by Gasteiger charge is 2.07. The Hall–Kier alpha value is -2.28. The van der Waals surface area contributed by atoms with E-state index in [0.717, 1.165) is 24.1 Å². The second kappa shape index (κ2) is 10.4. The highest BCUT2D eigenvalue weighted by Crippen LogP contribution is 2.11. The van der Waals surface area contributed by atoms with E-state index >= 15 is 0 Å². The van der Waals surface area contributed by atoms with Crippen LogP contribution in [0.5, 0.6) is 0 Å². The summed E-state index contributed by atoms with van der Waals surface area (Å²) in [6.07, 6.45) is -0.126. The number of ether oxygens (including phenoxy) is 2. The van der Waals surface area contributed by atoms with E-state index in [4.69, 9.17) is 9.47 Å². The van der Waals surface area contributed by atoms with Gasteiger partial charge in [-0.25, -0.2) is 9.59 Å². The Bertz CT molecular complexity index is 480. The molecule has 0 bridgehead atoms. The second-order valence-corrected chi connectivity index (χ2v) is 4.55. The molecule has 0 saturated heterocycles. The normalized spacial score (nSPS) is 9.91. The summed E-state index contributed by atoms with van der Waals surface area (Å²) in [5, 5.41) is 8.04. The van der Waals surface area contributed by atoms with Crippen LogP contribution in [0.2, 0.25) is 0 Å². The van der Waals surface area contributed by atoms with Gasteiger partial charge in [-0.15, -0.1) is 0 Å². The molecule has 0 saturated carbocycles. The van der Waals surface area contributed by atoms with E-state index in [1.165, 1.54) is 7.05 Å². The molecule has 1 aromatic carbocycles. The van der Waals surface area contributed by atoms with Gasteiger partial charge in [-0.3, -0.25) is 0 Å². The monoisotopic (exact) mass is 309 g/mol. The summed E-state index contributed by atoms with van der Waals surface area (Å²) in [4.78, 5) is 22.7. The molecule has 0 aliphatic heterocycles. The Morgan fingerprint density at radius 3 is 2.09 bits per heavy atom. The van der Waals surface area contributed by atoms with Crippen molar-refractivity contribution >= 4 is 12.2 Å². The molecule has 0 fully saturated rings. The van der Waals surface area contributed by atoms with Crippen LogP contribution in [-0.2, 0) is 22.7 Å². The van der Waals surface area contributed by atoms with Gasteiger partial charge in [0.1, 0.15) is 13.2 Å². The van der Waals surface area contributed by atoms with Gasteiger partial charge in [-0.05, 0) is 31.1 Å². The molecule has 2 amide bonds. The maximum Gasteiger partial charge on any atom is 0.407 e.